The van der Waals surface area contributed by atoms with E-state index in [0.717, 1.165) is 16.0 Å². The van der Waals surface area contributed by atoms with Crippen LogP contribution in [0, 0.1) is 0 Å². The number of benzene rings is 3. The van der Waals surface area contributed by atoms with Crippen molar-refractivity contribution in [2.24, 2.45) is 0 Å². The normalized spacial score (nSPS) is 19.9. The molecule has 11 heteroatoms. The highest BCUT2D eigenvalue weighted by molar-refractivity contribution is 9.10. The second-order valence-electron chi connectivity index (χ2n) is 9.29. The lowest BCUT2D eigenvalue weighted by molar-refractivity contribution is -0.132. The maximum absolute atomic E-state index is 13.6. The van der Waals surface area contributed by atoms with Crippen molar-refractivity contribution in [1.29, 1.82) is 0 Å². The fourth-order valence-electron chi connectivity index (χ4n) is 4.97. The van der Waals surface area contributed by atoms with Gasteiger partial charge in [0.1, 0.15) is 17.6 Å². The number of halogens is 2. The number of aliphatic hydroxyl groups is 1. The average Bonchev–Trinajstić information content (AvgIpc) is 3.57. The number of ketones is 1. The number of hydrogen-bond acceptors (Lipinski definition) is 8. The van der Waals surface area contributed by atoms with Gasteiger partial charge in [-0.1, -0.05) is 22.9 Å². The number of thiazole rings is 1. The molecule has 2 aliphatic heterocycles. The fraction of sp³-hybridized carbons (Fsp3) is 0.179. The molecule has 6 rings (SSSR count). The zero-order valence-corrected chi connectivity index (χ0v) is 23.7. The molecule has 1 fully saturated rings. The van der Waals surface area contributed by atoms with Crippen LogP contribution >= 0.6 is 38.9 Å². The van der Waals surface area contributed by atoms with Gasteiger partial charge >= 0.3 is 5.91 Å². The Kier molecular flexibility index (Phi) is 6.28. The van der Waals surface area contributed by atoms with Gasteiger partial charge in [0.15, 0.2) is 16.6 Å². The zero-order chi connectivity index (χ0) is 27.6. The summed E-state index contributed by atoms with van der Waals surface area (Å²) >= 11 is 10.7. The molecule has 0 aliphatic carbocycles. The predicted octanol–water partition coefficient (Wildman–Crippen LogP) is 6.38. The third kappa shape index (κ3) is 4.23. The molecule has 1 aromatic heterocycles. The van der Waals surface area contributed by atoms with Gasteiger partial charge in [-0.15, -0.1) is 0 Å². The number of phenols is 1. The maximum Gasteiger partial charge on any atom is 0.301 e. The molecule has 2 aliphatic rings. The summed E-state index contributed by atoms with van der Waals surface area (Å²) in [7, 11) is 1.40. The lowest BCUT2D eigenvalue weighted by Gasteiger charge is -2.24. The fourth-order valence-corrected chi connectivity index (χ4v) is 6.69. The number of hydrogen-bond donors (Lipinski definition) is 2. The van der Waals surface area contributed by atoms with Gasteiger partial charge in [0, 0.05) is 17.0 Å². The van der Waals surface area contributed by atoms with E-state index in [2.05, 4.69) is 20.9 Å². The van der Waals surface area contributed by atoms with E-state index in [-0.39, 0.29) is 34.1 Å². The summed E-state index contributed by atoms with van der Waals surface area (Å²) in [5.41, 5.74) is 2.21. The van der Waals surface area contributed by atoms with Crippen LogP contribution in [0.1, 0.15) is 29.7 Å². The molecule has 8 nitrogen and oxygen atoms in total. The van der Waals surface area contributed by atoms with Crippen LogP contribution in [-0.4, -0.2) is 40.1 Å². The first-order valence-electron chi connectivity index (χ1n) is 11.9. The summed E-state index contributed by atoms with van der Waals surface area (Å²) < 4.78 is 12.1. The standard InChI is InChI=1S/C28H20BrClN2O6S/c1-12-7-14-8-13(3-6-19(14)38-12)24(33)22-23(15-9-17(29)25(34)20(10-15)37-2)32(27(36)26(22)35)28-31-18-5-4-16(30)11-21(18)39-28/h3-6,8-12,23,33-34H,7H2,1-2H3/b24-22+. The Balaban J connectivity index is 1.57. The van der Waals surface area contributed by atoms with E-state index in [4.69, 9.17) is 21.1 Å². The Morgan fingerprint density at radius 2 is 2.00 bits per heavy atom. The van der Waals surface area contributed by atoms with E-state index in [1.165, 1.54) is 29.4 Å². The number of aromatic nitrogens is 1. The minimum Gasteiger partial charge on any atom is -0.507 e. The van der Waals surface area contributed by atoms with Crippen molar-refractivity contribution < 1.29 is 29.3 Å². The number of aliphatic hydroxyl groups excluding tert-OH is 1. The minimum atomic E-state index is -1.06. The summed E-state index contributed by atoms with van der Waals surface area (Å²) in [5, 5.41) is 22.7. The van der Waals surface area contributed by atoms with Crippen molar-refractivity contribution in [3.63, 3.8) is 0 Å². The number of methoxy groups -OCH3 is 1. The molecule has 39 heavy (non-hydrogen) atoms. The first kappa shape index (κ1) is 25.7. The van der Waals surface area contributed by atoms with Crippen LogP contribution in [0.5, 0.6) is 17.2 Å². The first-order chi connectivity index (χ1) is 18.7. The quantitative estimate of drug-likeness (QED) is 0.154. The summed E-state index contributed by atoms with van der Waals surface area (Å²) in [6, 6.07) is 12.4. The number of nitrogens with zero attached hydrogens (tertiary/aromatic N) is 2. The van der Waals surface area contributed by atoms with Crippen LogP contribution in [0.15, 0.2) is 58.6 Å². The van der Waals surface area contributed by atoms with Gasteiger partial charge in [-0.25, -0.2) is 4.98 Å². The lowest BCUT2D eigenvalue weighted by Crippen LogP contribution is -2.29. The number of carbonyl (C=O) groups is 2. The lowest BCUT2D eigenvalue weighted by atomic mass is 9.94. The van der Waals surface area contributed by atoms with Gasteiger partial charge in [0.25, 0.3) is 5.78 Å². The number of anilines is 1. The molecule has 1 amide bonds. The monoisotopic (exact) mass is 626 g/mol. The summed E-state index contributed by atoms with van der Waals surface area (Å²) in [4.78, 5) is 33.0. The molecule has 0 spiro atoms. The number of Topliss-reactive ketones (excluding diaryl/α,β-unsaturated/α-hetero) is 1. The molecule has 0 radical (unpaired) electrons. The smallest absolute Gasteiger partial charge is 0.301 e. The van der Waals surface area contributed by atoms with Crippen LogP contribution in [0.3, 0.4) is 0 Å². The average molecular weight is 628 g/mol. The summed E-state index contributed by atoms with van der Waals surface area (Å²) in [5.74, 6) is -1.31. The number of carbonyl (C=O) groups excluding carboxylic acids is 2. The largest absolute Gasteiger partial charge is 0.507 e. The van der Waals surface area contributed by atoms with Crippen molar-refractivity contribution in [2.45, 2.75) is 25.5 Å². The van der Waals surface area contributed by atoms with Gasteiger partial charge < -0.3 is 19.7 Å². The Morgan fingerprint density at radius 3 is 2.77 bits per heavy atom. The molecule has 4 aromatic rings. The van der Waals surface area contributed by atoms with E-state index < -0.39 is 17.7 Å². The minimum absolute atomic E-state index is 0.00248. The zero-order valence-electron chi connectivity index (χ0n) is 20.6. The van der Waals surface area contributed by atoms with Gasteiger partial charge in [-0.2, -0.15) is 0 Å². The Morgan fingerprint density at radius 1 is 1.21 bits per heavy atom. The van der Waals surface area contributed by atoms with E-state index >= 15 is 0 Å². The highest BCUT2D eigenvalue weighted by atomic mass is 79.9. The van der Waals surface area contributed by atoms with Crippen LogP contribution in [0.4, 0.5) is 5.13 Å². The second kappa shape index (κ2) is 9.55. The number of rotatable bonds is 4. The second-order valence-corrected chi connectivity index (χ2v) is 11.6. The molecular weight excluding hydrogens is 608 g/mol. The molecule has 1 saturated heterocycles. The highest BCUT2D eigenvalue weighted by Crippen LogP contribution is 2.47. The topological polar surface area (TPSA) is 109 Å². The van der Waals surface area contributed by atoms with Crippen LogP contribution in [-0.2, 0) is 16.0 Å². The number of amides is 1. The van der Waals surface area contributed by atoms with Crippen molar-refractivity contribution in [3.8, 4) is 17.2 Å². The Hall–Kier alpha value is -3.60. The molecule has 3 aromatic carbocycles. The molecule has 2 N–H and O–H groups in total. The Labute approximate surface area is 240 Å². The number of phenolic OH excluding ortho intramolecular Hbond substituents is 1. The Bertz CT molecular complexity index is 1730. The molecule has 0 bridgehead atoms. The van der Waals surface area contributed by atoms with Crippen molar-refractivity contribution >= 4 is 71.7 Å². The van der Waals surface area contributed by atoms with E-state index in [1.807, 2.05) is 6.92 Å². The molecule has 0 saturated carbocycles. The SMILES string of the molecule is COc1cc(C2/C(=C(\O)c3ccc4c(c3)CC(C)O4)C(=O)C(=O)N2c2nc3ccc(Cl)cc3s2)cc(Br)c1O. The van der Waals surface area contributed by atoms with Gasteiger partial charge in [0.2, 0.25) is 0 Å². The first-order valence-corrected chi connectivity index (χ1v) is 13.9. The van der Waals surface area contributed by atoms with Crippen molar-refractivity contribution in [2.75, 3.05) is 12.0 Å². The van der Waals surface area contributed by atoms with Gasteiger partial charge in [-0.3, -0.25) is 14.5 Å². The molecule has 2 atom stereocenters. The third-order valence-electron chi connectivity index (χ3n) is 6.75. The number of aromatic hydroxyl groups is 1. The molecule has 3 heterocycles. The number of ether oxygens (including phenoxy) is 2. The van der Waals surface area contributed by atoms with Crippen molar-refractivity contribution in [1.82, 2.24) is 4.98 Å². The van der Waals surface area contributed by atoms with E-state index in [9.17, 15) is 19.8 Å². The van der Waals surface area contributed by atoms with Gasteiger partial charge in [0.05, 0.1) is 33.4 Å². The van der Waals surface area contributed by atoms with E-state index in [1.54, 1.807) is 42.5 Å². The van der Waals surface area contributed by atoms with Gasteiger partial charge in [-0.05, 0) is 82.5 Å². The maximum atomic E-state index is 13.6. The van der Waals surface area contributed by atoms with Crippen LogP contribution in [0.2, 0.25) is 5.02 Å². The highest BCUT2D eigenvalue weighted by Gasteiger charge is 2.48. The molecule has 198 valence electrons. The summed E-state index contributed by atoms with van der Waals surface area (Å²) in [6.07, 6.45) is 0.655. The molecule has 2 unspecified atom stereocenters. The number of fused-ring (bicyclic) bond motifs is 2. The van der Waals surface area contributed by atoms with E-state index in [0.29, 0.717) is 32.6 Å². The molecular formula is C28H20BrClN2O6S. The predicted molar refractivity (Wildman–Crippen MR) is 152 cm³/mol. The van der Waals surface area contributed by atoms with Crippen molar-refractivity contribution in [3.05, 3.63) is 80.3 Å². The van der Waals surface area contributed by atoms with Crippen LogP contribution in [0.25, 0.3) is 16.0 Å². The van der Waals surface area contributed by atoms with Crippen LogP contribution < -0.4 is 14.4 Å². The summed E-state index contributed by atoms with van der Waals surface area (Å²) in [6.45, 7) is 1.95. The third-order valence-corrected chi connectivity index (χ3v) is 8.60.